The summed E-state index contributed by atoms with van der Waals surface area (Å²) in [7, 11) is 0. The van der Waals surface area contributed by atoms with Crippen molar-refractivity contribution in [3.63, 3.8) is 0 Å². The van der Waals surface area contributed by atoms with Gasteiger partial charge < -0.3 is 5.73 Å². The Morgan fingerprint density at radius 2 is 2.07 bits per heavy atom. The molecule has 0 aliphatic carbocycles. The summed E-state index contributed by atoms with van der Waals surface area (Å²) in [5.74, 6) is 0. The Labute approximate surface area is 99.9 Å². The fraction of sp³-hybridized carbons (Fsp3) is 0.273. The van der Waals surface area contributed by atoms with E-state index >= 15 is 0 Å². The van der Waals surface area contributed by atoms with Gasteiger partial charge in [-0.1, -0.05) is 39.7 Å². The second-order valence-electron chi connectivity index (χ2n) is 3.29. The van der Waals surface area contributed by atoms with E-state index in [4.69, 9.17) is 5.73 Å². The normalized spacial score (nSPS) is 11.6. The highest BCUT2D eigenvalue weighted by atomic mass is 79.9. The quantitative estimate of drug-likeness (QED) is 0.834. The lowest BCUT2D eigenvalue weighted by molar-refractivity contribution is 0.714. The van der Waals surface area contributed by atoms with Crippen LogP contribution in [-0.2, 0) is 0 Å². The van der Waals surface area contributed by atoms with Gasteiger partial charge in [-0.3, -0.25) is 0 Å². The van der Waals surface area contributed by atoms with E-state index in [-0.39, 0.29) is 18.4 Å². The Morgan fingerprint density at radius 1 is 1.50 bits per heavy atom. The van der Waals surface area contributed by atoms with Crippen LogP contribution in [0, 0.1) is 0 Å². The Hall–Kier alpha value is -0.310. The van der Waals surface area contributed by atoms with Crippen molar-refractivity contribution in [3.05, 3.63) is 46.5 Å². The lowest BCUT2D eigenvalue weighted by Crippen LogP contribution is -2.10. The molecule has 0 spiro atoms. The van der Waals surface area contributed by atoms with Crippen molar-refractivity contribution >= 4 is 28.3 Å². The van der Waals surface area contributed by atoms with E-state index in [9.17, 15) is 0 Å². The molecule has 1 aromatic rings. The van der Waals surface area contributed by atoms with Crippen LogP contribution in [0.2, 0.25) is 0 Å². The van der Waals surface area contributed by atoms with E-state index in [1.54, 1.807) is 0 Å². The van der Waals surface area contributed by atoms with Gasteiger partial charge in [0.05, 0.1) is 0 Å². The molecule has 0 aliphatic rings. The molecule has 0 saturated carbocycles. The molecule has 2 N–H and O–H groups in total. The zero-order valence-corrected chi connectivity index (χ0v) is 10.6. The molecule has 1 rings (SSSR count). The van der Waals surface area contributed by atoms with Crippen LogP contribution in [0.5, 0.6) is 0 Å². The Bertz CT molecular complexity index is 312. The van der Waals surface area contributed by atoms with Gasteiger partial charge in [0.1, 0.15) is 0 Å². The zero-order chi connectivity index (χ0) is 9.84. The fourth-order valence-electron chi connectivity index (χ4n) is 1.26. The van der Waals surface area contributed by atoms with Crippen molar-refractivity contribution in [1.82, 2.24) is 0 Å². The van der Waals surface area contributed by atoms with Crippen LogP contribution >= 0.6 is 28.3 Å². The summed E-state index contributed by atoms with van der Waals surface area (Å²) >= 11 is 3.48. The summed E-state index contributed by atoms with van der Waals surface area (Å²) in [5.41, 5.74) is 8.26. The maximum atomic E-state index is 6.01. The maximum absolute atomic E-state index is 6.01. The van der Waals surface area contributed by atoms with E-state index in [0.717, 1.165) is 22.0 Å². The van der Waals surface area contributed by atoms with Gasteiger partial charge in [-0.05, 0) is 25.0 Å². The first kappa shape index (κ1) is 13.7. The molecule has 1 nitrogen and oxygen atoms in total. The molecular formula is C11H15BrClN. The molecule has 78 valence electrons. The minimum absolute atomic E-state index is 0. The summed E-state index contributed by atoms with van der Waals surface area (Å²) in [4.78, 5) is 0. The van der Waals surface area contributed by atoms with Crippen molar-refractivity contribution in [3.8, 4) is 0 Å². The van der Waals surface area contributed by atoms with E-state index in [1.807, 2.05) is 31.2 Å². The van der Waals surface area contributed by atoms with E-state index in [1.165, 1.54) is 0 Å². The Morgan fingerprint density at radius 3 is 2.57 bits per heavy atom. The number of hydrogen-bond acceptors (Lipinski definition) is 1. The molecule has 0 heterocycles. The molecule has 0 saturated heterocycles. The van der Waals surface area contributed by atoms with E-state index in [0.29, 0.717) is 0 Å². The number of rotatable bonds is 3. The van der Waals surface area contributed by atoms with Gasteiger partial charge in [0.15, 0.2) is 0 Å². The van der Waals surface area contributed by atoms with Crippen LogP contribution < -0.4 is 5.73 Å². The van der Waals surface area contributed by atoms with Gasteiger partial charge in [0, 0.05) is 10.5 Å². The lowest BCUT2D eigenvalue weighted by atomic mass is 10.0. The lowest BCUT2D eigenvalue weighted by Gasteiger charge is -2.13. The first-order valence-electron chi connectivity index (χ1n) is 4.25. The van der Waals surface area contributed by atoms with Crippen molar-refractivity contribution in [2.24, 2.45) is 5.73 Å². The number of nitrogens with two attached hydrogens (primary N) is 1. The van der Waals surface area contributed by atoms with Crippen LogP contribution in [0.4, 0.5) is 0 Å². The first-order valence-corrected chi connectivity index (χ1v) is 5.05. The smallest absolute Gasteiger partial charge is 0.0343 e. The van der Waals surface area contributed by atoms with Gasteiger partial charge in [0.2, 0.25) is 0 Å². The van der Waals surface area contributed by atoms with Gasteiger partial charge in [0.25, 0.3) is 0 Å². The largest absolute Gasteiger partial charge is 0.324 e. The van der Waals surface area contributed by atoms with Gasteiger partial charge >= 0.3 is 0 Å². The summed E-state index contributed by atoms with van der Waals surface area (Å²) in [6, 6.07) is 8.08. The molecule has 1 atom stereocenters. The average molecular weight is 277 g/mol. The van der Waals surface area contributed by atoms with Crippen LogP contribution in [0.3, 0.4) is 0 Å². The molecule has 0 aliphatic heterocycles. The van der Waals surface area contributed by atoms with Crippen molar-refractivity contribution in [1.29, 1.82) is 0 Å². The summed E-state index contributed by atoms with van der Waals surface area (Å²) in [6.07, 6.45) is 0.836. The Balaban J connectivity index is 0.00000169. The average Bonchev–Trinajstić information content (AvgIpc) is 2.03. The van der Waals surface area contributed by atoms with Crippen molar-refractivity contribution in [2.75, 3.05) is 0 Å². The summed E-state index contributed by atoms with van der Waals surface area (Å²) < 4.78 is 1.07. The number of hydrogen-bond donors (Lipinski definition) is 1. The molecule has 0 aromatic heterocycles. The monoisotopic (exact) mass is 275 g/mol. The second kappa shape index (κ2) is 6.23. The molecule has 0 bridgehead atoms. The topological polar surface area (TPSA) is 26.0 Å². The van der Waals surface area contributed by atoms with Gasteiger partial charge in [-0.2, -0.15) is 0 Å². The minimum atomic E-state index is 0. The highest BCUT2D eigenvalue weighted by Crippen LogP contribution is 2.25. The highest BCUT2D eigenvalue weighted by molar-refractivity contribution is 9.10. The molecule has 0 radical (unpaired) electrons. The van der Waals surface area contributed by atoms with Crippen molar-refractivity contribution < 1.29 is 0 Å². The zero-order valence-electron chi connectivity index (χ0n) is 8.16. The highest BCUT2D eigenvalue weighted by Gasteiger charge is 2.08. The van der Waals surface area contributed by atoms with Crippen molar-refractivity contribution in [2.45, 2.75) is 19.4 Å². The molecule has 3 heteroatoms. The molecular weight excluding hydrogens is 261 g/mol. The molecule has 0 amide bonds. The van der Waals surface area contributed by atoms with Gasteiger partial charge in [-0.15, -0.1) is 19.0 Å². The van der Waals surface area contributed by atoms with E-state index in [2.05, 4.69) is 22.5 Å². The minimum Gasteiger partial charge on any atom is -0.324 e. The standard InChI is InChI=1S/C11H14BrN.ClH/c1-8(2)7-11(13)9-5-3-4-6-10(9)12;/h3-6,11H,1,7,13H2,2H3;1H/t11-;/m0./s1. The van der Waals surface area contributed by atoms with Gasteiger partial charge in [-0.25, -0.2) is 0 Å². The summed E-state index contributed by atoms with van der Waals surface area (Å²) in [6.45, 7) is 5.85. The summed E-state index contributed by atoms with van der Waals surface area (Å²) in [5, 5.41) is 0. The van der Waals surface area contributed by atoms with Crippen LogP contribution in [0.1, 0.15) is 24.9 Å². The number of benzene rings is 1. The molecule has 14 heavy (non-hydrogen) atoms. The van der Waals surface area contributed by atoms with Crippen LogP contribution in [-0.4, -0.2) is 0 Å². The van der Waals surface area contributed by atoms with E-state index < -0.39 is 0 Å². The third-order valence-corrected chi connectivity index (χ3v) is 2.60. The predicted molar refractivity (Wildman–Crippen MR) is 67.7 cm³/mol. The SMILES string of the molecule is C=C(C)C[C@H](N)c1ccccc1Br.Cl. The number of halogens is 2. The fourth-order valence-corrected chi connectivity index (χ4v) is 1.84. The molecule has 0 fully saturated rings. The predicted octanol–water partition coefficient (Wildman–Crippen LogP) is 3.84. The maximum Gasteiger partial charge on any atom is 0.0343 e. The molecule has 1 aromatic carbocycles. The second-order valence-corrected chi connectivity index (χ2v) is 4.14. The third-order valence-electron chi connectivity index (χ3n) is 1.87. The first-order chi connectivity index (χ1) is 6.11. The van der Waals surface area contributed by atoms with Crippen LogP contribution in [0.15, 0.2) is 40.9 Å². The Kier molecular flexibility index (Phi) is 6.09. The third kappa shape index (κ3) is 3.82. The van der Waals surface area contributed by atoms with Crippen LogP contribution in [0.25, 0.3) is 0 Å². The molecule has 0 unspecified atom stereocenters.